The van der Waals surface area contributed by atoms with Crippen molar-refractivity contribution < 1.29 is 0 Å². The van der Waals surface area contributed by atoms with E-state index in [-0.39, 0.29) is 0 Å². The molecule has 3 N–H and O–H groups in total. The number of nitrogens with one attached hydrogen (secondary N) is 3. The highest BCUT2D eigenvalue weighted by molar-refractivity contribution is 5.09. The van der Waals surface area contributed by atoms with Crippen LogP contribution in [-0.4, -0.2) is 84.3 Å². The molecule has 6 saturated carbocycles. The molecule has 9 fully saturated rings. The minimum absolute atomic E-state index is 0.737. The molecule has 5 heteroatoms. The molecular weight excluding hydrogens is 611 g/mol. The fourth-order valence-electron chi connectivity index (χ4n) is 15.2. The highest BCUT2D eigenvalue weighted by Crippen LogP contribution is 2.51. The van der Waals surface area contributed by atoms with Crippen molar-refractivity contribution in [2.45, 2.75) is 222 Å². The van der Waals surface area contributed by atoms with Gasteiger partial charge in [-0.15, -0.1) is 0 Å². The van der Waals surface area contributed by atoms with Gasteiger partial charge in [-0.3, -0.25) is 9.80 Å². The second-order valence-electron chi connectivity index (χ2n) is 20.1. The largest absolute Gasteiger partial charge is 0.316 e. The van der Waals surface area contributed by atoms with E-state index >= 15 is 0 Å². The number of likely N-dealkylation sites (tertiary alicyclic amines) is 1. The lowest BCUT2D eigenvalue weighted by atomic mass is 9.68. The fourth-order valence-corrected chi connectivity index (χ4v) is 15.2. The first-order chi connectivity index (χ1) is 24.8. The summed E-state index contributed by atoms with van der Waals surface area (Å²) in [5.41, 5.74) is 0. The zero-order valence-corrected chi connectivity index (χ0v) is 32.4. The first kappa shape index (κ1) is 35.5. The molecule has 0 aromatic carbocycles. The van der Waals surface area contributed by atoms with Gasteiger partial charge in [-0.25, -0.2) is 0 Å². The van der Waals surface area contributed by atoms with Gasteiger partial charge in [0.25, 0.3) is 0 Å². The molecule has 50 heavy (non-hydrogen) atoms. The lowest BCUT2D eigenvalue weighted by Crippen LogP contribution is -2.60. The van der Waals surface area contributed by atoms with Crippen molar-refractivity contribution in [3.05, 3.63) is 0 Å². The van der Waals surface area contributed by atoms with Crippen LogP contribution in [0.2, 0.25) is 0 Å². The Morgan fingerprint density at radius 3 is 1.58 bits per heavy atom. The topological polar surface area (TPSA) is 42.6 Å². The first-order valence-electron chi connectivity index (χ1n) is 23.5. The van der Waals surface area contributed by atoms with Gasteiger partial charge in [0.1, 0.15) is 0 Å². The van der Waals surface area contributed by atoms with Gasteiger partial charge in [0, 0.05) is 61.4 Å². The molecule has 0 bridgehead atoms. The van der Waals surface area contributed by atoms with E-state index in [0.717, 1.165) is 83.8 Å². The van der Waals surface area contributed by atoms with Crippen LogP contribution < -0.4 is 16.0 Å². The van der Waals surface area contributed by atoms with Crippen LogP contribution in [0.15, 0.2) is 0 Å². The second kappa shape index (κ2) is 16.7. The van der Waals surface area contributed by atoms with Crippen LogP contribution in [0.1, 0.15) is 173 Å². The van der Waals surface area contributed by atoms with Crippen LogP contribution in [0.25, 0.3) is 0 Å². The van der Waals surface area contributed by atoms with Gasteiger partial charge < -0.3 is 16.0 Å². The van der Waals surface area contributed by atoms with E-state index in [2.05, 4.69) is 25.8 Å². The molecule has 0 radical (unpaired) electrons. The van der Waals surface area contributed by atoms with Crippen LogP contribution in [-0.2, 0) is 0 Å². The molecule has 0 amide bonds. The van der Waals surface area contributed by atoms with Crippen molar-refractivity contribution in [2.24, 2.45) is 35.5 Å². The van der Waals surface area contributed by atoms with Gasteiger partial charge in [0.15, 0.2) is 0 Å². The zero-order chi connectivity index (χ0) is 33.3. The Morgan fingerprint density at radius 2 is 0.940 bits per heavy atom. The summed E-state index contributed by atoms with van der Waals surface area (Å²) >= 11 is 0. The van der Waals surface area contributed by atoms with E-state index in [1.807, 2.05) is 0 Å². The highest BCUT2D eigenvalue weighted by atomic mass is 15.3. The molecule has 7 atom stereocenters. The van der Waals surface area contributed by atoms with Gasteiger partial charge in [0.2, 0.25) is 0 Å². The molecule has 7 unspecified atom stereocenters. The van der Waals surface area contributed by atoms with Gasteiger partial charge in [0.05, 0.1) is 0 Å². The predicted molar refractivity (Wildman–Crippen MR) is 208 cm³/mol. The van der Waals surface area contributed by atoms with Crippen LogP contribution in [0.5, 0.6) is 0 Å². The molecule has 6 aliphatic carbocycles. The molecule has 0 aromatic rings. The molecule has 9 rings (SSSR count). The third-order valence-corrected chi connectivity index (χ3v) is 17.6. The Morgan fingerprint density at radius 1 is 0.400 bits per heavy atom. The van der Waals surface area contributed by atoms with Crippen molar-refractivity contribution in [3.8, 4) is 0 Å². The van der Waals surface area contributed by atoms with E-state index < -0.39 is 0 Å². The summed E-state index contributed by atoms with van der Waals surface area (Å²) in [6.45, 7) is 5.02. The third-order valence-electron chi connectivity index (χ3n) is 17.6. The Balaban J connectivity index is 0.797. The van der Waals surface area contributed by atoms with E-state index in [9.17, 15) is 0 Å². The zero-order valence-electron chi connectivity index (χ0n) is 32.4. The quantitative estimate of drug-likeness (QED) is 0.250. The number of hydrogen-bond acceptors (Lipinski definition) is 5. The first-order valence-corrected chi connectivity index (χ1v) is 23.5. The minimum Gasteiger partial charge on any atom is -0.316 e. The maximum atomic E-state index is 4.24. The van der Waals surface area contributed by atoms with Gasteiger partial charge in [-0.1, -0.05) is 57.8 Å². The highest BCUT2D eigenvalue weighted by Gasteiger charge is 2.54. The summed E-state index contributed by atoms with van der Waals surface area (Å²) in [4.78, 5) is 6.52. The van der Waals surface area contributed by atoms with Gasteiger partial charge in [-0.05, 0) is 164 Å². The Labute approximate surface area is 308 Å². The Hall–Kier alpha value is -0.200. The number of piperazine rings is 1. The van der Waals surface area contributed by atoms with Gasteiger partial charge in [-0.2, -0.15) is 0 Å². The Kier molecular flexibility index (Phi) is 11.8. The average Bonchev–Trinajstić information content (AvgIpc) is 3.53. The lowest BCUT2D eigenvalue weighted by Gasteiger charge is -2.50. The molecule has 3 heterocycles. The van der Waals surface area contributed by atoms with Crippen molar-refractivity contribution in [1.29, 1.82) is 0 Å². The lowest BCUT2D eigenvalue weighted by molar-refractivity contribution is -0.00829. The molecule has 284 valence electrons. The molecular formula is C45H79N5. The van der Waals surface area contributed by atoms with Crippen molar-refractivity contribution in [3.63, 3.8) is 0 Å². The van der Waals surface area contributed by atoms with Crippen LogP contribution in [0, 0.1) is 35.5 Å². The molecule has 0 spiro atoms. The molecule has 3 saturated heterocycles. The van der Waals surface area contributed by atoms with Crippen LogP contribution in [0.4, 0.5) is 0 Å². The van der Waals surface area contributed by atoms with E-state index in [1.165, 1.54) is 200 Å². The van der Waals surface area contributed by atoms with Crippen LogP contribution in [0.3, 0.4) is 0 Å². The predicted octanol–water partition coefficient (Wildman–Crippen LogP) is 8.66. The monoisotopic (exact) mass is 690 g/mol. The molecule has 3 aliphatic heterocycles. The van der Waals surface area contributed by atoms with Crippen molar-refractivity contribution in [1.82, 2.24) is 25.8 Å². The number of fused-ring (bicyclic) bond motifs is 3. The average molecular weight is 690 g/mol. The van der Waals surface area contributed by atoms with E-state index in [4.69, 9.17) is 0 Å². The van der Waals surface area contributed by atoms with Crippen LogP contribution >= 0.6 is 0 Å². The Bertz CT molecular complexity index is 1010. The summed E-state index contributed by atoms with van der Waals surface area (Å²) in [5.74, 6) is 5.78. The maximum Gasteiger partial charge on any atom is 0.0223 e. The minimum atomic E-state index is 0.737. The van der Waals surface area contributed by atoms with Crippen molar-refractivity contribution in [2.75, 3.05) is 26.2 Å². The number of rotatable bonds is 7. The summed E-state index contributed by atoms with van der Waals surface area (Å²) in [5, 5.41) is 12.1. The smallest absolute Gasteiger partial charge is 0.0223 e. The SMILES string of the molecule is C1CCC(C2CNCC(C3CCC(C4CCC(N5C6CCNCC6C6CC(N(C7CCCCC7)C7CCCCC7)CCC65)CC4)CC3)N2)CC1. The van der Waals surface area contributed by atoms with E-state index in [0.29, 0.717) is 0 Å². The normalized spacial score (nSPS) is 44.9. The summed E-state index contributed by atoms with van der Waals surface area (Å²) < 4.78 is 0. The second-order valence-corrected chi connectivity index (χ2v) is 20.1. The third kappa shape index (κ3) is 7.54. The number of hydrogen-bond donors (Lipinski definition) is 3. The molecule has 5 nitrogen and oxygen atoms in total. The maximum absolute atomic E-state index is 4.24. The van der Waals surface area contributed by atoms with E-state index in [1.54, 1.807) is 0 Å². The fraction of sp³-hybridized carbons (Fsp3) is 1.00. The molecule has 0 aromatic heterocycles. The number of piperidine rings is 1. The summed E-state index contributed by atoms with van der Waals surface area (Å²) in [7, 11) is 0. The summed E-state index contributed by atoms with van der Waals surface area (Å²) in [6, 6.07) is 6.85. The van der Waals surface area contributed by atoms with Crippen molar-refractivity contribution >= 4 is 0 Å². The standard InChI is InChI=1S/C45H79N5/c1-4-10-34(11-5-1)42-30-47-31-43(48-42)35-18-16-32(17-19-35)33-20-22-38(23-21-33)50-44-25-24-39(28-40(44)41-29-46-27-26-45(41)50)49(36-12-6-2-7-13-36)37-14-8-3-9-15-37/h32-48H,1-31H2. The number of nitrogens with zero attached hydrogens (tertiary/aromatic N) is 2. The molecule has 9 aliphatic rings. The van der Waals surface area contributed by atoms with Gasteiger partial charge >= 0.3 is 0 Å². The summed E-state index contributed by atoms with van der Waals surface area (Å²) in [6.07, 6.45) is 40.4.